The summed E-state index contributed by atoms with van der Waals surface area (Å²) in [6.07, 6.45) is -0.0113. The third kappa shape index (κ3) is 7.19. The van der Waals surface area contributed by atoms with Crippen LogP contribution in [0.1, 0.15) is 36.7 Å². The average Bonchev–Trinajstić information content (AvgIpc) is 2.59. The molecule has 0 aliphatic heterocycles. The lowest BCUT2D eigenvalue weighted by Crippen LogP contribution is -2.40. The first-order chi connectivity index (χ1) is 13.1. The van der Waals surface area contributed by atoms with Crippen LogP contribution in [-0.2, 0) is 16.0 Å². The van der Waals surface area contributed by atoms with Crippen LogP contribution < -0.4 is 16.0 Å². The summed E-state index contributed by atoms with van der Waals surface area (Å²) in [7, 11) is 0. The van der Waals surface area contributed by atoms with E-state index in [4.69, 9.17) is 0 Å². The molecule has 3 amide bonds. The molecule has 2 aromatic rings. The van der Waals surface area contributed by atoms with E-state index in [2.05, 4.69) is 16.0 Å². The first-order valence-corrected chi connectivity index (χ1v) is 8.86. The lowest BCUT2D eigenvalue weighted by Gasteiger charge is -2.20. The van der Waals surface area contributed by atoms with E-state index in [1.165, 1.54) is 18.2 Å². The molecule has 0 spiro atoms. The van der Waals surface area contributed by atoms with Gasteiger partial charge < -0.3 is 16.0 Å². The number of benzene rings is 2. The number of carbonyl (C=O) groups excluding carboxylic acids is 3. The maximum atomic E-state index is 13.1. The molecule has 0 heterocycles. The zero-order valence-electron chi connectivity index (χ0n) is 16.1. The summed E-state index contributed by atoms with van der Waals surface area (Å²) in [6, 6.07) is 12.2. The molecule has 2 aromatic carbocycles. The summed E-state index contributed by atoms with van der Waals surface area (Å²) in [5, 5.41) is 7.98. The van der Waals surface area contributed by atoms with Crippen LogP contribution in [0.5, 0.6) is 0 Å². The fraction of sp³-hybridized carbons (Fsp3) is 0.286. The van der Waals surface area contributed by atoms with Crippen molar-refractivity contribution in [2.24, 2.45) is 0 Å². The Bertz CT molecular complexity index is 858. The van der Waals surface area contributed by atoms with Gasteiger partial charge in [-0.3, -0.25) is 14.4 Å². The van der Waals surface area contributed by atoms with Gasteiger partial charge in [0.1, 0.15) is 5.82 Å². The number of amides is 3. The van der Waals surface area contributed by atoms with Gasteiger partial charge in [0.25, 0.3) is 5.91 Å². The van der Waals surface area contributed by atoms with E-state index in [0.717, 1.165) is 0 Å². The number of carbonyl (C=O) groups is 3. The third-order valence-corrected chi connectivity index (χ3v) is 3.62. The van der Waals surface area contributed by atoms with Gasteiger partial charge in [-0.2, -0.15) is 0 Å². The van der Waals surface area contributed by atoms with Crippen molar-refractivity contribution in [1.82, 2.24) is 10.6 Å². The van der Waals surface area contributed by atoms with E-state index >= 15 is 0 Å². The van der Waals surface area contributed by atoms with Gasteiger partial charge in [-0.05, 0) is 62.7 Å². The monoisotopic (exact) mass is 385 g/mol. The summed E-state index contributed by atoms with van der Waals surface area (Å²) in [6.45, 7) is 5.46. The highest BCUT2D eigenvalue weighted by molar-refractivity contribution is 5.97. The third-order valence-electron chi connectivity index (χ3n) is 3.62. The van der Waals surface area contributed by atoms with Crippen molar-refractivity contribution in [2.75, 3.05) is 11.9 Å². The summed E-state index contributed by atoms with van der Waals surface area (Å²) < 4.78 is 13.1. The number of hydrogen-bond acceptors (Lipinski definition) is 3. The molecule has 0 aliphatic carbocycles. The molecule has 2 rings (SSSR count). The summed E-state index contributed by atoms with van der Waals surface area (Å²) in [5.41, 5.74) is 1.18. The molecule has 148 valence electrons. The van der Waals surface area contributed by atoms with Gasteiger partial charge in [0.2, 0.25) is 11.8 Å². The minimum absolute atomic E-state index is 0.0113. The van der Waals surface area contributed by atoms with Gasteiger partial charge >= 0.3 is 0 Å². The molecule has 0 saturated heterocycles. The number of halogens is 1. The van der Waals surface area contributed by atoms with Crippen LogP contribution in [-0.4, -0.2) is 29.8 Å². The van der Waals surface area contributed by atoms with Crippen LogP contribution in [0.25, 0.3) is 0 Å². The van der Waals surface area contributed by atoms with Crippen molar-refractivity contribution in [2.45, 2.75) is 32.7 Å². The summed E-state index contributed by atoms with van der Waals surface area (Å²) in [4.78, 5) is 35.9. The molecule has 0 unspecified atom stereocenters. The maximum Gasteiger partial charge on any atom is 0.251 e. The van der Waals surface area contributed by atoms with Crippen molar-refractivity contribution in [3.8, 4) is 0 Å². The Kier molecular flexibility index (Phi) is 6.87. The zero-order valence-corrected chi connectivity index (χ0v) is 16.1. The summed E-state index contributed by atoms with van der Waals surface area (Å²) >= 11 is 0. The van der Waals surface area contributed by atoms with E-state index in [1.807, 2.05) is 20.8 Å². The predicted octanol–water partition coefficient (Wildman–Crippen LogP) is 2.65. The Balaban J connectivity index is 1.81. The Morgan fingerprint density at radius 2 is 1.64 bits per heavy atom. The Morgan fingerprint density at radius 1 is 0.964 bits per heavy atom. The van der Waals surface area contributed by atoms with Gasteiger partial charge in [0.15, 0.2) is 0 Å². The number of hydrogen-bond donors (Lipinski definition) is 3. The van der Waals surface area contributed by atoms with Gasteiger partial charge in [-0.15, -0.1) is 0 Å². The lowest BCUT2D eigenvalue weighted by molar-refractivity contribution is -0.123. The molecule has 0 saturated carbocycles. The van der Waals surface area contributed by atoms with Crippen LogP contribution in [0.4, 0.5) is 10.1 Å². The predicted molar refractivity (Wildman–Crippen MR) is 105 cm³/mol. The molecule has 0 bridgehead atoms. The first kappa shape index (κ1) is 21.1. The molecule has 28 heavy (non-hydrogen) atoms. The van der Waals surface area contributed by atoms with Crippen LogP contribution in [0.15, 0.2) is 48.5 Å². The molecule has 7 heteroatoms. The number of anilines is 1. The maximum absolute atomic E-state index is 13.1. The molecule has 0 aromatic heterocycles. The Morgan fingerprint density at radius 3 is 2.25 bits per heavy atom. The summed E-state index contributed by atoms with van der Waals surface area (Å²) in [5.74, 6) is -1.40. The number of nitrogens with one attached hydrogen (secondary N) is 3. The second kappa shape index (κ2) is 9.12. The molecule has 3 N–H and O–H groups in total. The fourth-order valence-electron chi connectivity index (χ4n) is 2.40. The van der Waals surface area contributed by atoms with E-state index in [0.29, 0.717) is 16.8 Å². The van der Waals surface area contributed by atoms with Crippen molar-refractivity contribution in [3.05, 3.63) is 65.5 Å². The van der Waals surface area contributed by atoms with Gasteiger partial charge in [0.05, 0.1) is 13.0 Å². The van der Waals surface area contributed by atoms with Crippen LogP contribution in [0.3, 0.4) is 0 Å². The van der Waals surface area contributed by atoms with Gasteiger partial charge in [-0.25, -0.2) is 4.39 Å². The molecule has 0 atom stereocenters. The van der Waals surface area contributed by atoms with Crippen LogP contribution in [0, 0.1) is 5.82 Å². The van der Waals surface area contributed by atoms with Crippen LogP contribution >= 0.6 is 0 Å². The Labute approximate surface area is 163 Å². The first-order valence-electron chi connectivity index (χ1n) is 8.86. The minimum Gasteiger partial charge on any atom is -0.347 e. The van der Waals surface area contributed by atoms with Crippen molar-refractivity contribution < 1.29 is 18.8 Å². The normalized spacial score (nSPS) is 10.9. The fourth-order valence-corrected chi connectivity index (χ4v) is 2.40. The quantitative estimate of drug-likeness (QED) is 0.714. The SMILES string of the molecule is CC(C)(C)NC(=O)c1ccc(NC(=O)CNC(=O)Cc2cccc(F)c2)cc1. The van der Waals surface area contributed by atoms with Crippen LogP contribution in [0.2, 0.25) is 0 Å². The largest absolute Gasteiger partial charge is 0.347 e. The molecule has 0 aliphatic rings. The van der Waals surface area contributed by atoms with E-state index in [9.17, 15) is 18.8 Å². The van der Waals surface area contributed by atoms with Crippen molar-refractivity contribution in [3.63, 3.8) is 0 Å². The zero-order chi connectivity index (χ0) is 20.7. The van der Waals surface area contributed by atoms with Gasteiger partial charge in [0, 0.05) is 16.8 Å². The minimum atomic E-state index is -0.414. The van der Waals surface area contributed by atoms with Gasteiger partial charge in [-0.1, -0.05) is 12.1 Å². The van der Waals surface area contributed by atoms with Crippen molar-refractivity contribution >= 4 is 23.4 Å². The second-order valence-corrected chi connectivity index (χ2v) is 7.41. The second-order valence-electron chi connectivity index (χ2n) is 7.41. The lowest BCUT2D eigenvalue weighted by atomic mass is 10.1. The van der Waals surface area contributed by atoms with E-state index in [1.54, 1.807) is 30.3 Å². The molecular formula is C21H24FN3O3. The Hall–Kier alpha value is -3.22. The van der Waals surface area contributed by atoms with Crippen molar-refractivity contribution in [1.29, 1.82) is 0 Å². The highest BCUT2D eigenvalue weighted by atomic mass is 19.1. The standard InChI is InChI=1S/C21H24FN3O3/c1-21(2,3)25-20(28)15-7-9-17(10-8-15)24-19(27)13-23-18(26)12-14-5-4-6-16(22)11-14/h4-11H,12-13H2,1-3H3,(H,23,26)(H,24,27)(H,25,28). The molecule has 6 nitrogen and oxygen atoms in total. The number of rotatable bonds is 6. The smallest absolute Gasteiger partial charge is 0.251 e. The average molecular weight is 385 g/mol. The molecular weight excluding hydrogens is 361 g/mol. The van der Waals surface area contributed by atoms with E-state index in [-0.39, 0.29) is 30.3 Å². The molecule has 0 radical (unpaired) electrons. The topological polar surface area (TPSA) is 87.3 Å². The highest BCUT2D eigenvalue weighted by Crippen LogP contribution is 2.11. The molecule has 0 fully saturated rings. The van der Waals surface area contributed by atoms with E-state index < -0.39 is 11.7 Å². The highest BCUT2D eigenvalue weighted by Gasteiger charge is 2.15.